The van der Waals surface area contributed by atoms with Crippen molar-refractivity contribution in [2.75, 3.05) is 30.0 Å². The van der Waals surface area contributed by atoms with Gasteiger partial charge in [-0.05, 0) is 49.7 Å². The van der Waals surface area contributed by atoms with Gasteiger partial charge in [-0.1, -0.05) is 11.6 Å². The van der Waals surface area contributed by atoms with Crippen LogP contribution in [0.25, 0.3) is 0 Å². The summed E-state index contributed by atoms with van der Waals surface area (Å²) in [7, 11) is 0. The van der Waals surface area contributed by atoms with Crippen LogP contribution in [0.4, 0.5) is 11.4 Å². The average molecular weight is 466 g/mol. The Morgan fingerprint density at radius 3 is 2.67 bits per heavy atom. The van der Waals surface area contributed by atoms with Crippen LogP contribution in [-0.2, 0) is 19.9 Å². The van der Waals surface area contributed by atoms with Gasteiger partial charge in [0, 0.05) is 28.4 Å². The lowest BCUT2D eigenvalue weighted by molar-refractivity contribution is -0.135. The molecular formula is C24H20ClN3O5. The number of amides is 3. The molecule has 0 bridgehead atoms. The van der Waals surface area contributed by atoms with Gasteiger partial charge in [0.05, 0.1) is 17.5 Å². The number of fused-ring (bicyclic) bond motifs is 8. The first-order chi connectivity index (χ1) is 16.0. The van der Waals surface area contributed by atoms with E-state index in [1.54, 1.807) is 36.4 Å². The summed E-state index contributed by atoms with van der Waals surface area (Å²) in [4.78, 5) is 44.7. The second-order valence-corrected chi connectivity index (χ2v) is 9.59. The quantitative estimate of drug-likeness (QED) is 0.651. The van der Waals surface area contributed by atoms with Gasteiger partial charge in [0.1, 0.15) is 18.8 Å². The van der Waals surface area contributed by atoms with Crippen LogP contribution < -0.4 is 19.7 Å². The lowest BCUT2D eigenvalue weighted by atomic mass is 9.75. The highest BCUT2D eigenvalue weighted by molar-refractivity contribution is 6.31. The van der Waals surface area contributed by atoms with Crippen LogP contribution in [0.5, 0.6) is 11.5 Å². The van der Waals surface area contributed by atoms with Crippen molar-refractivity contribution in [2.45, 2.75) is 24.4 Å². The first kappa shape index (κ1) is 19.4. The standard InChI is InChI=1S/C24H20ClN3O5/c25-12-3-5-15-14(10-12)24(23(31)26-15)20-19(16-2-1-7-27(16)24)21(29)28(22(20)30)13-4-6-17-18(11-13)33-9-8-32-17/h3-6,10-11,16,19-20H,1-2,7-9H2,(H,26,31)/t16-,19-,20-,24+/m0/s1. The van der Waals surface area contributed by atoms with Crippen molar-refractivity contribution in [3.05, 3.63) is 47.0 Å². The third-order valence-electron chi connectivity index (χ3n) is 7.74. The number of anilines is 2. The maximum Gasteiger partial charge on any atom is 0.250 e. The monoisotopic (exact) mass is 465 g/mol. The molecule has 3 saturated heterocycles. The average Bonchev–Trinajstić information content (AvgIpc) is 3.52. The number of rotatable bonds is 1. The molecule has 5 aliphatic rings. The van der Waals surface area contributed by atoms with Crippen LogP contribution >= 0.6 is 11.6 Å². The van der Waals surface area contributed by atoms with Gasteiger partial charge in [-0.15, -0.1) is 0 Å². The summed E-state index contributed by atoms with van der Waals surface area (Å²) in [5, 5.41) is 3.45. The maximum absolute atomic E-state index is 14.0. The van der Waals surface area contributed by atoms with Crippen molar-refractivity contribution >= 4 is 40.7 Å². The Morgan fingerprint density at radius 1 is 1.00 bits per heavy atom. The number of nitrogens with zero attached hydrogens (tertiary/aromatic N) is 2. The SMILES string of the molecule is O=C1[C@@H]2[C@@H](C(=O)N1c1ccc3c(c1)OCCO3)[C@]1(C(=O)Nc3ccc(Cl)cc31)N1CCC[C@@H]21. The van der Waals surface area contributed by atoms with Crippen molar-refractivity contribution in [3.63, 3.8) is 0 Å². The minimum absolute atomic E-state index is 0.177. The van der Waals surface area contributed by atoms with Crippen LogP contribution in [0.15, 0.2) is 36.4 Å². The van der Waals surface area contributed by atoms with E-state index in [1.807, 2.05) is 0 Å². The molecule has 1 N–H and O–H groups in total. The fraction of sp³-hybridized carbons (Fsp3) is 0.375. The van der Waals surface area contributed by atoms with E-state index in [-0.39, 0.29) is 23.8 Å². The number of imide groups is 1. The highest BCUT2D eigenvalue weighted by atomic mass is 35.5. The molecule has 0 radical (unpaired) electrons. The Hall–Kier alpha value is -3.10. The predicted molar refractivity (Wildman–Crippen MR) is 118 cm³/mol. The molecule has 0 aromatic heterocycles. The number of hydrogen-bond donors (Lipinski definition) is 1. The van der Waals surface area contributed by atoms with Gasteiger partial charge >= 0.3 is 0 Å². The van der Waals surface area contributed by atoms with Crippen molar-refractivity contribution < 1.29 is 23.9 Å². The minimum Gasteiger partial charge on any atom is -0.486 e. The number of hydrogen-bond acceptors (Lipinski definition) is 6. The lowest BCUT2D eigenvalue weighted by Crippen LogP contribution is -2.54. The van der Waals surface area contributed by atoms with Gasteiger partial charge in [-0.25, -0.2) is 4.90 Å². The molecule has 3 fully saturated rings. The Kier molecular flexibility index (Phi) is 3.81. The van der Waals surface area contributed by atoms with E-state index in [1.165, 1.54) is 4.90 Å². The van der Waals surface area contributed by atoms with E-state index in [9.17, 15) is 14.4 Å². The smallest absolute Gasteiger partial charge is 0.250 e. The molecule has 3 amide bonds. The molecule has 5 aliphatic heterocycles. The Balaban J connectivity index is 1.39. The van der Waals surface area contributed by atoms with E-state index in [0.717, 1.165) is 12.8 Å². The number of ether oxygens (including phenoxy) is 2. The van der Waals surface area contributed by atoms with Gasteiger partial charge in [0.25, 0.3) is 0 Å². The second kappa shape index (κ2) is 6.48. The first-order valence-electron chi connectivity index (χ1n) is 11.2. The highest BCUT2D eigenvalue weighted by Gasteiger charge is 2.74. The molecule has 33 heavy (non-hydrogen) atoms. The predicted octanol–water partition coefficient (Wildman–Crippen LogP) is 2.54. The van der Waals surface area contributed by atoms with E-state index in [4.69, 9.17) is 21.1 Å². The zero-order chi connectivity index (χ0) is 22.5. The highest BCUT2D eigenvalue weighted by Crippen LogP contribution is 2.61. The number of halogens is 1. The molecule has 7 rings (SSSR count). The topological polar surface area (TPSA) is 88.2 Å². The molecule has 0 unspecified atom stereocenters. The molecule has 168 valence electrons. The van der Waals surface area contributed by atoms with Gasteiger partial charge in [0.2, 0.25) is 17.7 Å². The van der Waals surface area contributed by atoms with E-state index in [0.29, 0.717) is 53.2 Å². The molecule has 1 spiro atoms. The Bertz CT molecular complexity index is 1260. The fourth-order valence-electron chi connectivity index (χ4n) is 6.60. The Labute approximate surface area is 194 Å². The molecule has 0 aliphatic carbocycles. The van der Waals surface area contributed by atoms with E-state index in [2.05, 4.69) is 10.2 Å². The van der Waals surface area contributed by atoms with Crippen LogP contribution in [0.1, 0.15) is 18.4 Å². The number of carbonyl (C=O) groups excluding carboxylic acids is 3. The lowest BCUT2D eigenvalue weighted by Gasteiger charge is -2.36. The number of benzene rings is 2. The van der Waals surface area contributed by atoms with Crippen molar-refractivity contribution in [3.8, 4) is 11.5 Å². The summed E-state index contributed by atoms with van der Waals surface area (Å²) in [5.74, 6) is -1.21. The second-order valence-electron chi connectivity index (χ2n) is 9.16. The molecule has 2 aromatic rings. The van der Waals surface area contributed by atoms with Crippen molar-refractivity contribution in [2.24, 2.45) is 11.8 Å². The van der Waals surface area contributed by atoms with Crippen molar-refractivity contribution in [1.29, 1.82) is 0 Å². The first-order valence-corrected chi connectivity index (χ1v) is 11.6. The number of carbonyl (C=O) groups is 3. The summed E-state index contributed by atoms with van der Waals surface area (Å²) in [6, 6.07) is 10.2. The maximum atomic E-state index is 14.0. The van der Waals surface area contributed by atoms with E-state index < -0.39 is 17.4 Å². The van der Waals surface area contributed by atoms with Gasteiger partial charge < -0.3 is 14.8 Å². The van der Waals surface area contributed by atoms with Gasteiger partial charge in [-0.2, -0.15) is 0 Å². The summed E-state index contributed by atoms with van der Waals surface area (Å²) in [6.45, 7) is 1.51. The zero-order valence-electron chi connectivity index (χ0n) is 17.5. The molecule has 5 heterocycles. The summed E-state index contributed by atoms with van der Waals surface area (Å²) in [6.07, 6.45) is 1.63. The largest absolute Gasteiger partial charge is 0.486 e. The van der Waals surface area contributed by atoms with Crippen molar-refractivity contribution in [1.82, 2.24) is 4.90 Å². The van der Waals surface area contributed by atoms with Crippen LogP contribution in [-0.4, -0.2) is 48.4 Å². The zero-order valence-corrected chi connectivity index (χ0v) is 18.3. The van der Waals surface area contributed by atoms with Crippen LogP contribution in [0.2, 0.25) is 5.02 Å². The molecule has 2 aromatic carbocycles. The third-order valence-corrected chi connectivity index (χ3v) is 7.97. The molecule has 9 heteroatoms. The summed E-state index contributed by atoms with van der Waals surface area (Å²) < 4.78 is 11.2. The molecule has 0 saturated carbocycles. The van der Waals surface area contributed by atoms with Gasteiger partial charge in [0.15, 0.2) is 11.5 Å². The normalized spacial score (nSPS) is 31.7. The molecule has 8 nitrogen and oxygen atoms in total. The summed E-state index contributed by atoms with van der Waals surface area (Å²) in [5.41, 5.74) is 0.535. The molecule has 4 atom stereocenters. The van der Waals surface area contributed by atoms with Gasteiger partial charge in [-0.3, -0.25) is 19.3 Å². The van der Waals surface area contributed by atoms with E-state index >= 15 is 0 Å². The Morgan fingerprint density at radius 2 is 1.82 bits per heavy atom. The number of nitrogens with one attached hydrogen (secondary N) is 1. The molecular weight excluding hydrogens is 446 g/mol. The fourth-order valence-corrected chi connectivity index (χ4v) is 6.77. The van der Waals surface area contributed by atoms with Crippen LogP contribution in [0.3, 0.4) is 0 Å². The minimum atomic E-state index is -1.23. The van der Waals surface area contributed by atoms with Crippen LogP contribution in [0, 0.1) is 11.8 Å². The summed E-state index contributed by atoms with van der Waals surface area (Å²) >= 11 is 6.33. The third kappa shape index (κ3) is 2.27.